The topological polar surface area (TPSA) is 49.7 Å². The number of fused-ring (bicyclic) bond motifs is 1. The van der Waals surface area contributed by atoms with Crippen LogP contribution in [0, 0.1) is 4.91 Å². The van der Waals surface area contributed by atoms with Gasteiger partial charge in [-0.1, -0.05) is 30.3 Å². The van der Waals surface area contributed by atoms with E-state index in [0.717, 1.165) is 5.39 Å². The first kappa shape index (κ1) is 10.7. The molecule has 0 aliphatic rings. The molecule has 2 rings (SSSR count). The molecule has 73 valence electrons. The summed E-state index contributed by atoms with van der Waals surface area (Å²) in [4.78, 5) is 10.3. The van der Waals surface area contributed by atoms with Gasteiger partial charge in [-0.05, 0) is 16.6 Å². The molecular weight excluding hydrogens is 225 g/mol. The van der Waals surface area contributed by atoms with Crippen molar-refractivity contribution >= 4 is 16.5 Å². The fourth-order valence-electron chi connectivity index (χ4n) is 1.32. The Balaban J connectivity index is 0.000000980. The number of nitrogens with zero attached hydrogens (tertiary/aromatic N) is 1. The zero-order chi connectivity index (χ0) is 9.26. The van der Waals surface area contributed by atoms with Gasteiger partial charge in [0, 0.05) is 22.2 Å². The van der Waals surface area contributed by atoms with Gasteiger partial charge in [0.15, 0.2) is 5.75 Å². The average Bonchev–Trinajstić information content (AvgIpc) is 2.19. The molecule has 1 N–H and O–H groups in total. The molecule has 0 amide bonds. The quantitative estimate of drug-likeness (QED) is 0.768. The summed E-state index contributed by atoms with van der Waals surface area (Å²) >= 11 is 0. The van der Waals surface area contributed by atoms with Gasteiger partial charge < -0.3 is 5.11 Å². The Hall–Kier alpha value is -1.39. The predicted molar refractivity (Wildman–Crippen MR) is 51.1 cm³/mol. The number of phenols is 1. The van der Waals surface area contributed by atoms with E-state index in [4.69, 9.17) is 0 Å². The Labute approximate surface area is 90.9 Å². The largest absolute Gasteiger partial charge is 0.505 e. The summed E-state index contributed by atoms with van der Waals surface area (Å²) in [5, 5.41) is 13.8. The zero-order valence-corrected chi connectivity index (χ0v) is 8.14. The van der Waals surface area contributed by atoms with Gasteiger partial charge in [-0.3, -0.25) is 0 Å². The zero-order valence-electron chi connectivity index (χ0n) is 7.10. The standard InChI is InChI=1S/C10H7NO2.Co/c12-10-8-4-2-1-3-7(8)5-6-9(10)11-13;/h1-6,12H;. The molecule has 0 atom stereocenters. The van der Waals surface area contributed by atoms with Crippen molar-refractivity contribution in [3.8, 4) is 5.75 Å². The van der Waals surface area contributed by atoms with Gasteiger partial charge in [0.05, 0.1) is 0 Å². The normalized spacial score (nSPS) is 9.43. The van der Waals surface area contributed by atoms with Crippen LogP contribution in [0.1, 0.15) is 0 Å². The van der Waals surface area contributed by atoms with Gasteiger partial charge in [-0.2, -0.15) is 0 Å². The summed E-state index contributed by atoms with van der Waals surface area (Å²) in [6.45, 7) is 0. The van der Waals surface area contributed by atoms with Crippen LogP contribution in [0.2, 0.25) is 0 Å². The van der Waals surface area contributed by atoms with Gasteiger partial charge in [-0.25, -0.2) is 0 Å². The van der Waals surface area contributed by atoms with E-state index < -0.39 is 0 Å². The minimum atomic E-state index is -0.0481. The number of hydrogen-bond acceptors (Lipinski definition) is 3. The predicted octanol–water partition coefficient (Wildman–Crippen LogP) is 2.94. The van der Waals surface area contributed by atoms with E-state index in [1.54, 1.807) is 18.2 Å². The Kier molecular flexibility index (Phi) is 3.21. The third-order valence-electron chi connectivity index (χ3n) is 1.98. The van der Waals surface area contributed by atoms with Crippen molar-refractivity contribution < 1.29 is 21.9 Å². The van der Waals surface area contributed by atoms with Crippen LogP contribution in [0.3, 0.4) is 0 Å². The average molecular weight is 232 g/mol. The summed E-state index contributed by atoms with van der Waals surface area (Å²) in [6.07, 6.45) is 0. The van der Waals surface area contributed by atoms with Crippen molar-refractivity contribution in [2.24, 2.45) is 5.18 Å². The van der Waals surface area contributed by atoms with Gasteiger partial charge in [0.2, 0.25) is 0 Å². The summed E-state index contributed by atoms with van der Waals surface area (Å²) in [5.74, 6) is -0.0481. The smallest absolute Gasteiger partial charge is 0.152 e. The molecule has 4 heteroatoms. The molecule has 0 aliphatic carbocycles. The van der Waals surface area contributed by atoms with E-state index in [9.17, 15) is 10.0 Å². The van der Waals surface area contributed by atoms with Crippen molar-refractivity contribution in [3.63, 3.8) is 0 Å². The van der Waals surface area contributed by atoms with Crippen LogP contribution in [0.15, 0.2) is 41.6 Å². The van der Waals surface area contributed by atoms with E-state index in [0.29, 0.717) is 5.39 Å². The van der Waals surface area contributed by atoms with Gasteiger partial charge in [-0.15, -0.1) is 4.91 Å². The van der Waals surface area contributed by atoms with Crippen molar-refractivity contribution in [1.29, 1.82) is 0 Å². The molecule has 0 saturated carbocycles. The van der Waals surface area contributed by atoms with E-state index in [1.807, 2.05) is 12.1 Å². The second-order valence-corrected chi connectivity index (χ2v) is 2.75. The molecule has 0 bridgehead atoms. The monoisotopic (exact) mass is 232 g/mol. The molecule has 3 nitrogen and oxygen atoms in total. The fraction of sp³-hybridized carbons (Fsp3) is 0. The second kappa shape index (κ2) is 4.21. The molecule has 0 heterocycles. The summed E-state index contributed by atoms with van der Waals surface area (Å²) in [5.41, 5.74) is 0.0821. The van der Waals surface area contributed by atoms with Crippen molar-refractivity contribution in [2.45, 2.75) is 0 Å². The van der Waals surface area contributed by atoms with Crippen LogP contribution in [0.5, 0.6) is 5.75 Å². The Morgan fingerprint density at radius 2 is 1.79 bits per heavy atom. The maximum Gasteiger partial charge on any atom is 0.152 e. The Morgan fingerprint density at radius 1 is 1.07 bits per heavy atom. The van der Waals surface area contributed by atoms with E-state index >= 15 is 0 Å². The molecule has 0 aliphatic heterocycles. The van der Waals surface area contributed by atoms with Crippen molar-refractivity contribution in [1.82, 2.24) is 0 Å². The molecule has 0 unspecified atom stereocenters. The molecule has 0 saturated heterocycles. The molecular formula is C10H7CoNO2. The Morgan fingerprint density at radius 3 is 2.50 bits per heavy atom. The molecule has 1 radical (unpaired) electrons. The maximum atomic E-state index is 10.3. The molecule has 14 heavy (non-hydrogen) atoms. The Bertz CT molecular complexity index is 471. The van der Waals surface area contributed by atoms with E-state index in [2.05, 4.69) is 5.18 Å². The third-order valence-corrected chi connectivity index (χ3v) is 1.98. The minimum absolute atomic E-state index is 0. The second-order valence-electron chi connectivity index (χ2n) is 2.75. The summed E-state index contributed by atoms with van der Waals surface area (Å²) < 4.78 is 0. The molecule has 0 spiro atoms. The number of hydrogen-bond donors (Lipinski definition) is 1. The minimum Gasteiger partial charge on any atom is -0.505 e. The number of rotatable bonds is 1. The number of aromatic hydroxyl groups is 1. The van der Waals surface area contributed by atoms with Crippen molar-refractivity contribution in [2.75, 3.05) is 0 Å². The first-order chi connectivity index (χ1) is 6.33. The fourth-order valence-corrected chi connectivity index (χ4v) is 1.32. The van der Waals surface area contributed by atoms with E-state index in [1.165, 1.54) is 6.07 Å². The van der Waals surface area contributed by atoms with Gasteiger partial charge in [0.1, 0.15) is 5.69 Å². The SMILES string of the molecule is O=Nc1ccc2ccccc2c1O.[Co]. The van der Waals surface area contributed by atoms with Crippen LogP contribution in [-0.4, -0.2) is 5.11 Å². The van der Waals surface area contributed by atoms with Crippen LogP contribution in [0.25, 0.3) is 10.8 Å². The van der Waals surface area contributed by atoms with Gasteiger partial charge in [0.25, 0.3) is 0 Å². The van der Waals surface area contributed by atoms with Crippen LogP contribution in [0.4, 0.5) is 5.69 Å². The molecule has 2 aromatic rings. The first-order valence-electron chi connectivity index (χ1n) is 3.87. The summed E-state index contributed by atoms with van der Waals surface area (Å²) in [7, 11) is 0. The maximum absolute atomic E-state index is 10.3. The molecule has 0 fully saturated rings. The molecule has 0 aromatic heterocycles. The van der Waals surface area contributed by atoms with Crippen LogP contribution in [-0.2, 0) is 16.8 Å². The van der Waals surface area contributed by atoms with E-state index in [-0.39, 0.29) is 28.2 Å². The number of phenolic OH excluding ortho intramolecular Hbond substituents is 1. The van der Waals surface area contributed by atoms with Crippen LogP contribution >= 0.6 is 0 Å². The van der Waals surface area contributed by atoms with Gasteiger partial charge >= 0.3 is 0 Å². The molecule has 2 aromatic carbocycles. The number of benzene rings is 2. The first-order valence-corrected chi connectivity index (χ1v) is 3.87. The van der Waals surface area contributed by atoms with Crippen LogP contribution < -0.4 is 0 Å². The van der Waals surface area contributed by atoms with Crippen molar-refractivity contribution in [3.05, 3.63) is 41.3 Å². The summed E-state index contributed by atoms with van der Waals surface area (Å²) in [6, 6.07) is 10.5. The third kappa shape index (κ3) is 1.62. The number of nitroso groups, excluding NO2 is 1.